The molecular formula is C4H12BPS. The largest absolute Gasteiger partial charge is 0.161 e. The number of hydrogen-bond donors (Lipinski definition) is 0. The molecule has 7 heavy (non-hydrogen) atoms. The summed E-state index contributed by atoms with van der Waals surface area (Å²) in [5.74, 6) is 0. The van der Waals surface area contributed by atoms with Gasteiger partial charge in [0, 0.05) is 0 Å². The van der Waals surface area contributed by atoms with E-state index in [9.17, 15) is 0 Å². The maximum atomic E-state index is 2.24. The Bertz CT molecular complexity index is 30.9. The molecule has 0 nitrogen and oxygen atoms in total. The van der Waals surface area contributed by atoms with Crippen molar-refractivity contribution in [2.24, 2.45) is 0 Å². The van der Waals surface area contributed by atoms with E-state index < -0.39 is 0 Å². The molecule has 0 heterocycles. The van der Waals surface area contributed by atoms with Crippen LogP contribution in [0.4, 0.5) is 0 Å². The maximum absolute atomic E-state index is 2.24. The molecule has 0 bridgehead atoms. The molecule has 42 valence electrons. The normalized spacial score (nSPS) is 10.6. The highest BCUT2D eigenvalue weighted by Crippen LogP contribution is 2.24. The summed E-state index contributed by atoms with van der Waals surface area (Å²) in [6, 6.07) is 0. The van der Waals surface area contributed by atoms with Crippen molar-refractivity contribution in [2.45, 2.75) is 19.7 Å². The lowest BCUT2D eigenvalue weighted by Crippen LogP contribution is -1.72. The van der Waals surface area contributed by atoms with E-state index in [1.54, 1.807) is 0 Å². The van der Waals surface area contributed by atoms with Crippen LogP contribution in [0.15, 0.2) is 0 Å². The van der Waals surface area contributed by atoms with Gasteiger partial charge in [0.05, 0.1) is 0 Å². The highest BCUT2D eigenvalue weighted by atomic mass is 32.7. The fourth-order valence-electron chi connectivity index (χ4n) is 0.351. The second-order valence-electron chi connectivity index (χ2n) is 1.45. The van der Waals surface area contributed by atoms with Gasteiger partial charge in [-0.25, -0.2) is 0 Å². The van der Waals surface area contributed by atoms with Gasteiger partial charge in [-0.15, -0.1) is 7.66 Å². The molecule has 0 fully saturated rings. The Labute approximate surface area is 52.6 Å². The van der Waals surface area contributed by atoms with E-state index in [1.807, 2.05) is 11.4 Å². The molecule has 1 atom stereocenters. The number of rotatable bonds is 4. The fraction of sp³-hybridized carbons (Fsp3) is 1.00. The topological polar surface area (TPSA) is 0 Å². The molecule has 0 saturated carbocycles. The summed E-state index contributed by atoms with van der Waals surface area (Å²) < 4.78 is 0. The first-order valence-corrected chi connectivity index (χ1v) is 5.83. The van der Waals surface area contributed by atoms with Crippen LogP contribution in [-0.4, -0.2) is 13.3 Å². The highest BCUT2D eigenvalue weighted by molar-refractivity contribution is 8.56. The van der Waals surface area contributed by atoms with Crippen LogP contribution in [0.3, 0.4) is 0 Å². The third-order valence-electron chi connectivity index (χ3n) is 0.777. The van der Waals surface area contributed by atoms with Gasteiger partial charge in [0.1, 0.15) is 0 Å². The zero-order valence-electron chi connectivity index (χ0n) is 5.03. The predicted molar refractivity (Wildman–Crippen MR) is 44.1 cm³/mol. The summed E-state index contributed by atoms with van der Waals surface area (Å²) in [4.78, 5) is 0. The molecule has 0 aliphatic carbocycles. The first kappa shape index (κ1) is 7.84. The van der Waals surface area contributed by atoms with Crippen molar-refractivity contribution in [3.05, 3.63) is 0 Å². The van der Waals surface area contributed by atoms with E-state index in [0.717, 1.165) is 7.66 Å². The quantitative estimate of drug-likeness (QED) is 0.322. The van der Waals surface area contributed by atoms with E-state index >= 15 is 0 Å². The van der Waals surface area contributed by atoms with Crippen LogP contribution in [0.25, 0.3) is 0 Å². The molecule has 0 saturated heterocycles. The third kappa shape index (κ3) is 6.84. The Morgan fingerprint density at radius 1 is 1.71 bits per heavy atom. The maximum Gasteiger partial charge on any atom is 0.161 e. The van der Waals surface area contributed by atoms with Crippen LogP contribution in [-0.2, 0) is 0 Å². The van der Waals surface area contributed by atoms with Crippen LogP contribution in [0, 0.1) is 0 Å². The van der Waals surface area contributed by atoms with Crippen molar-refractivity contribution < 1.29 is 0 Å². The van der Waals surface area contributed by atoms with Gasteiger partial charge in [-0.2, -0.15) is 11.4 Å². The summed E-state index contributed by atoms with van der Waals surface area (Å²) in [6.45, 7) is 3.67. The minimum Gasteiger partial charge on any atom is -0.151 e. The van der Waals surface area contributed by atoms with Crippen LogP contribution >= 0.6 is 19.0 Å². The molecule has 0 spiro atoms. The summed E-state index contributed by atoms with van der Waals surface area (Å²) in [6.07, 6.45) is 4.95. The lowest BCUT2D eigenvalue weighted by atomic mass is 10.0. The average Bonchev–Trinajstić information content (AvgIpc) is 1.69. The summed E-state index contributed by atoms with van der Waals surface area (Å²) in [5, 5.41) is 0. The van der Waals surface area contributed by atoms with Crippen molar-refractivity contribution in [2.75, 3.05) is 6.26 Å². The molecule has 1 unspecified atom stereocenters. The van der Waals surface area contributed by atoms with E-state index in [-0.39, 0.29) is 0 Å². The zero-order chi connectivity index (χ0) is 5.54. The molecule has 0 aromatic heterocycles. The Hall–Kier alpha value is 0.845. The molecule has 0 N–H and O–H groups in total. The second kappa shape index (κ2) is 6.84. The molecule has 0 amide bonds. The summed E-state index contributed by atoms with van der Waals surface area (Å²) in [5.41, 5.74) is 0. The van der Waals surface area contributed by atoms with Crippen molar-refractivity contribution in [3.8, 4) is 0 Å². The molecule has 0 radical (unpaired) electrons. The first-order valence-electron chi connectivity index (χ1n) is 2.67. The van der Waals surface area contributed by atoms with Gasteiger partial charge in [0.15, 0.2) is 7.00 Å². The Morgan fingerprint density at radius 2 is 2.43 bits per heavy atom. The number of hydrogen-bond acceptors (Lipinski definition) is 1. The Balaban J connectivity index is 2.45. The first-order chi connectivity index (χ1) is 3.41. The molecular weight excluding hydrogens is 122 g/mol. The average molecular weight is 134 g/mol. The van der Waals surface area contributed by atoms with Crippen molar-refractivity contribution in [1.29, 1.82) is 0 Å². The Kier molecular flexibility index (Phi) is 7.67. The van der Waals surface area contributed by atoms with Gasteiger partial charge in [0.2, 0.25) is 0 Å². The highest BCUT2D eigenvalue weighted by Gasteiger charge is 1.83. The monoisotopic (exact) mass is 134 g/mol. The molecule has 0 aromatic rings. The van der Waals surface area contributed by atoms with Crippen LogP contribution in [0.2, 0.25) is 6.32 Å². The van der Waals surface area contributed by atoms with Gasteiger partial charge in [0.25, 0.3) is 0 Å². The lowest BCUT2D eigenvalue weighted by molar-refractivity contribution is 1.08. The van der Waals surface area contributed by atoms with Gasteiger partial charge >= 0.3 is 0 Å². The standard InChI is InChI=1S/C4H12BPS/c1-3-4-5-6-7-2/h5-6H,3-4H2,1-2H3. The predicted octanol–water partition coefficient (Wildman–Crippen LogP) is 2.12. The summed E-state index contributed by atoms with van der Waals surface area (Å²) in [7, 11) is 1.14. The molecule has 0 aliphatic heterocycles. The van der Waals surface area contributed by atoms with Crippen LogP contribution in [0.5, 0.6) is 0 Å². The fourth-order valence-corrected chi connectivity index (χ4v) is 2.10. The molecule has 0 rings (SSSR count). The van der Waals surface area contributed by atoms with Gasteiger partial charge in [-0.05, 0) is 6.26 Å². The van der Waals surface area contributed by atoms with Crippen molar-refractivity contribution in [1.82, 2.24) is 0 Å². The SMILES string of the molecule is CCCBPSC. The van der Waals surface area contributed by atoms with Gasteiger partial charge < -0.3 is 0 Å². The zero-order valence-corrected chi connectivity index (χ0v) is 6.85. The summed E-state index contributed by atoms with van der Waals surface area (Å²) >= 11 is 1.97. The van der Waals surface area contributed by atoms with E-state index in [1.165, 1.54) is 19.7 Å². The van der Waals surface area contributed by atoms with E-state index in [0.29, 0.717) is 0 Å². The lowest BCUT2D eigenvalue weighted by Gasteiger charge is -1.88. The Morgan fingerprint density at radius 3 is 2.86 bits per heavy atom. The van der Waals surface area contributed by atoms with Crippen LogP contribution < -0.4 is 0 Å². The van der Waals surface area contributed by atoms with Gasteiger partial charge in [-0.1, -0.05) is 19.7 Å². The third-order valence-corrected chi connectivity index (χ3v) is 3.10. The van der Waals surface area contributed by atoms with Crippen molar-refractivity contribution in [3.63, 3.8) is 0 Å². The molecule has 0 aliphatic rings. The van der Waals surface area contributed by atoms with Gasteiger partial charge in [-0.3, -0.25) is 0 Å². The van der Waals surface area contributed by atoms with Crippen molar-refractivity contribution >= 4 is 26.0 Å². The minimum atomic E-state index is 1.14. The second-order valence-corrected chi connectivity index (χ2v) is 4.74. The van der Waals surface area contributed by atoms with Crippen LogP contribution in [0.1, 0.15) is 13.3 Å². The molecule has 3 heteroatoms. The molecule has 0 aromatic carbocycles. The minimum absolute atomic E-state index is 1.14. The van der Waals surface area contributed by atoms with E-state index in [4.69, 9.17) is 0 Å². The smallest absolute Gasteiger partial charge is 0.151 e. The van der Waals surface area contributed by atoms with E-state index in [2.05, 4.69) is 13.2 Å².